The highest BCUT2D eigenvalue weighted by Gasteiger charge is 2.00. The molecular formula is C15H11ClN2O. The average Bonchev–Trinajstić information content (AvgIpc) is 2.42. The minimum Gasteiger partial charge on any atom is -0.508 e. The zero-order chi connectivity index (χ0) is 13.2. The topological polar surface area (TPSA) is 45.1 Å². The zero-order valence-corrected chi connectivity index (χ0v) is 10.7. The van der Waals surface area contributed by atoms with Gasteiger partial charge in [0.25, 0.3) is 0 Å². The number of halogens is 1. The third kappa shape index (κ3) is 2.61. The fourth-order valence-electron chi connectivity index (χ4n) is 1.87. The maximum atomic E-state index is 9.24. The predicted molar refractivity (Wildman–Crippen MR) is 78.1 cm³/mol. The summed E-state index contributed by atoms with van der Waals surface area (Å²) in [6.07, 6.45) is 1.76. The number of benzene rings is 2. The highest BCUT2D eigenvalue weighted by Crippen LogP contribution is 2.23. The van der Waals surface area contributed by atoms with Crippen LogP contribution in [0.3, 0.4) is 0 Å². The first-order valence-corrected chi connectivity index (χ1v) is 6.20. The number of pyridine rings is 1. The van der Waals surface area contributed by atoms with Gasteiger partial charge in [0.05, 0.1) is 17.4 Å². The van der Waals surface area contributed by atoms with Crippen molar-refractivity contribution in [3.05, 3.63) is 59.8 Å². The summed E-state index contributed by atoms with van der Waals surface area (Å²) in [4.78, 5) is 4.36. The van der Waals surface area contributed by atoms with E-state index in [1.165, 1.54) is 0 Å². The Morgan fingerprint density at radius 1 is 0.947 bits per heavy atom. The van der Waals surface area contributed by atoms with Crippen LogP contribution in [0, 0.1) is 0 Å². The normalized spacial score (nSPS) is 10.6. The van der Waals surface area contributed by atoms with Gasteiger partial charge in [-0.25, -0.2) is 0 Å². The SMILES string of the molecule is Oc1ccc(Nc2cnc3cc(Cl)ccc3c2)cc1. The summed E-state index contributed by atoms with van der Waals surface area (Å²) in [6, 6.07) is 14.5. The van der Waals surface area contributed by atoms with Gasteiger partial charge in [-0.15, -0.1) is 0 Å². The number of aromatic hydroxyl groups is 1. The Bertz CT molecular complexity index is 726. The molecule has 4 heteroatoms. The van der Waals surface area contributed by atoms with E-state index in [1.807, 2.05) is 24.3 Å². The number of anilines is 2. The van der Waals surface area contributed by atoms with E-state index in [0.29, 0.717) is 5.02 Å². The molecule has 0 atom stereocenters. The summed E-state index contributed by atoms with van der Waals surface area (Å²) in [5.41, 5.74) is 2.65. The number of hydrogen-bond donors (Lipinski definition) is 2. The zero-order valence-electron chi connectivity index (χ0n) is 9.97. The number of hydrogen-bond acceptors (Lipinski definition) is 3. The third-order valence-electron chi connectivity index (χ3n) is 2.80. The van der Waals surface area contributed by atoms with Crippen molar-refractivity contribution >= 4 is 33.9 Å². The van der Waals surface area contributed by atoms with Crippen molar-refractivity contribution in [3.8, 4) is 5.75 Å². The van der Waals surface area contributed by atoms with Crippen molar-refractivity contribution in [1.82, 2.24) is 4.98 Å². The number of phenols is 1. The van der Waals surface area contributed by atoms with Gasteiger partial charge in [-0.3, -0.25) is 4.98 Å². The number of phenolic OH excluding ortho intramolecular Hbond substituents is 1. The van der Waals surface area contributed by atoms with Gasteiger partial charge in [0.15, 0.2) is 0 Å². The second-order valence-corrected chi connectivity index (χ2v) is 4.67. The van der Waals surface area contributed by atoms with E-state index in [9.17, 15) is 5.11 Å². The van der Waals surface area contributed by atoms with Crippen molar-refractivity contribution in [2.24, 2.45) is 0 Å². The fraction of sp³-hybridized carbons (Fsp3) is 0. The first-order chi connectivity index (χ1) is 9.20. The first-order valence-electron chi connectivity index (χ1n) is 5.82. The van der Waals surface area contributed by atoms with E-state index in [2.05, 4.69) is 10.3 Å². The molecule has 1 aromatic heterocycles. The number of fused-ring (bicyclic) bond motifs is 1. The van der Waals surface area contributed by atoms with Crippen LogP contribution >= 0.6 is 11.6 Å². The van der Waals surface area contributed by atoms with Gasteiger partial charge in [0, 0.05) is 16.1 Å². The maximum Gasteiger partial charge on any atom is 0.115 e. The molecule has 0 aliphatic heterocycles. The van der Waals surface area contributed by atoms with E-state index in [4.69, 9.17) is 11.6 Å². The van der Waals surface area contributed by atoms with Crippen molar-refractivity contribution in [2.45, 2.75) is 0 Å². The Labute approximate surface area is 115 Å². The number of nitrogens with zero attached hydrogens (tertiary/aromatic N) is 1. The predicted octanol–water partition coefficient (Wildman–Crippen LogP) is 4.34. The molecule has 94 valence electrons. The molecule has 0 spiro atoms. The fourth-order valence-corrected chi connectivity index (χ4v) is 2.04. The third-order valence-corrected chi connectivity index (χ3v) is 3.04. The Hall–Kier alpha value is -2.26. The maximum absolute atomic E-state index is 9.24. The van der Waals surface area contributed by atoms with E-state index < -0.39 is 0 Å². The lowest BCUT2D eigenvalue weighted by atomic mass is 10.2. The molecule has 0 saturated carbocycles. The molecule has 0 amide bonds. The van der Waals surface area contributed by atoms with E-state index in [-0.39, 0.29) is 5.75 Å². The quantitative estimate of drug-likeness (QED) is 0.681. The van der Waals surface area contributed by atoms with Crippen molar-refractivity contribution in [3.63, 3.8) is 0 Å². The van der Waals surface area contributed by atoms with Crippen LogP contribution in [0.25, 0.3) is 10.9 Å². The molecule has 19 heavy (non-hydrogen) atoms. The highest BCUT2D eigenvalue weighted by atomic mass is 35.5. The van der Waals surface area contributed by atoms with Crippen molar-refractivity contribution in [1.29, 1.82) is 0 Å². The minimum absolute atomic E-state index is 0.247. The largest absolute Gasteiger partial charge is 0.508 e. The van der Waals surface area contributed by atoms with Crippen LogP contribution < -0.4 is 5.32 Å². The Morgan fingerprint density at radius 2 is 1.74 bits per heavy atom. The van der Waals surface area contributed by atoms with Gasteiger partial charge in [0.2, 0.25) is 0 Å². The molecule has 3 nitrogen and oxygen atoms in total. The summed E-state index contributed by atoms with van der Waals surface area (Å²) < 4.78 is 0. The molecule has 2 N–H and O–H groups in total. The minimum atomic E-state index is 0.247. The van der Waals surface area contributed by atoms with Crippen LogP contribution in [-0.2, 0) is 0 Å². The molecule has 0 fully saturated rings. The molecular weight excluding hydrogens is 260 g/mol. The van der Waals surface area contributed by atoms with Crippen LogP contribution in [0.4, 0.5) is 11.4 Å². The lowest BCUT2D eigenvalue weighted by molar-refractivity contribution is 0.475. The van der Waals surface area contributed by atoms with Gasteiger partial charge >= 0.3 is 0 Å². The standard InChI is InChI=1S/C15H11ClN2O/c16-11-2-1-10-7-13(9-17-15(10)8-11)18-12-3-5-14(19)6-4-12/h1-9,18-19H. The number of aromatic nitrogens is 1. The molecule has 0 saturated heterocycles. The summed E-state index contributed by atoms with van der Waals surface area (Å²) in [5, 5.41) is 14.2. The summed E-state index contributed by atoms with van der Waals surface area (Å²) in [5.74, 6) is 0.247. The van der Waals surface area contributed by atoms with E-state index in [1.54, 1.807) is 30.5 Å². The number of rotatable bonds is 2. The Balaban J connectivity index is 1.93. The van der Waals surface area contributed by atoms with E-state index >= 15 is 0 Å². The molecule has 0 bridgehead atoms. The van der Waals surface area contributed by atoms with Gasteiger partial charge in [-0.05, 0) is 42.5 Å². The van der Waals surface area contributed by atoms with Crippen molar-refractivity contribution < 1.29 is 5.11 Å². The van der Waals surface area contributed by atoms with Crippen LogP contribution in [0.5, 0.6) is 5.75 Å². The smallest absolute Gasteiger partial charge is 0.115 e. The van der Waals surface area contributed by atoms with E-state index in [0.717, 1.165) is 22.3 Å². The molecule has 3 rings (SSSR count). The molecule has 2 aromatic carbocycles. The van der Waals surface area contributed by atoms with Crippen LogP contribution in [0.1, 0.15) is 0 Å². The summed E-state index contributed by atoms with van der Waals surface area (Å²) >= 11 is 5.92. The van der Waals surface area contributed by atoms with Crippen LogP contribution in [0.2, 0.25) is 5.02 Å². The molecule has 0 aliphatic carbocycles. The van der Waals surface area contributed by atoms with Gasteiger partial charge in [-0.2, -0.15) is 0 Å². The highest BCUT2D eigenvalue weighted by molar-refractivity contribution is 6.31. The Morgan fingerprint density at radius 3 is 2.53 bits per heavy atom. The second kappa shape index (κ2) is 4.78. The van der Waals surface area contributed by atoms with Gasteiger partial charge in [0.1, 0.15) is 5.75 Å². The van der Waals surface area contributed by atoms with Gasteiger partial charge < -0.3 is 10.4 Å². The monoisotopic (exact) mass is 270 g/mol. The van der Waals surface area contributed by atoms with Crippen LogP contribution in [-0.4, -0.2) is 10.1 Å². The summed E-state index contributed by atoms with van der Waals surface area (Å²) in [6.45, 7) is 0. The lowest BCUT2D eigenvalue weighted by Gasteiger charge is -2.07. The van der Waals surface area contributed by atoms with Crippen molar-refractivity contribution in [2.75, 3.05) is 5.32 Å². The second-order valence-electron chi connectivity index (χ2n) is 4.23. The Kier molecular flexibility index (Phi) is 2.97. The molecule has 3 aromatic rings. The average molecular weight is 271 g/mol. The molecule has 0 radical (unpaired) electrons. The number of nitrogens with one attached hydrogen (secondary N) is 1. The van der Waals surface area contributed by atoms with Gasteiger partial charge in [-0.1, -0.05) is 17.7 Å². The van der Waals surface area contributed by atoms with Crippen LogP contribution in [0.15, 0.2) is 54.7 Å². The molecule has 1 heterocycles. The first kappa shape index (κ1) is 11.8. The molecule has 0 aliphatic rings. The molecule has 0 unspecified atom stereocenters. The lowest BCUT2D eigenvalue weighted by Crippen LogP contribution is -1.91. The summed E-state index contributed by atoms with van der Waals surface area (Å²) in [7, 11) is 0.